The van der Waals surface area contributed by atoms with Gasteiger partial charge >= 0.3 is 0 Å². The zero-order valence-electron chi connectivity index (χ0n) is 10.5. The van der Waals surface area contributed by atoms with Crippen LogP contribution in [-0.4, -0.2) is 40.6 Å². The quantitative estimate of drug-likeness (QED) is 0.853. The number of hydrogen-bond acceptors (Lipinski definition) is 5. The Morgan fingerprint density at radius 2 is 2.22 bits per heavy atom. The Balaban J connectivity index is 2.35. The number of sulfone groups is 1. The van der Waals surface area contributed by atoms with E-state index >= 15 is 0 Å². The van der Waals surface area contributed by atoms with Gasteiger partial charge in [0, 0.05) is 24.2 Å². The number of rotatable bonds is 3. The molecule has 4 nitrogen and oxygen atoms in total. The Labute approximate surface area is 112 Å². The molecule has 18 heavy (non-hydrogen) atoms. The molecule has 1 aliphatic rings. The van der Waals surface area contributed by atoms with E-state index in [4.69, 9.17) is 4.74 Å². The fourth-order valence-electron chi connectivity index (χ4n) is 1.97. The third-order valence-electron chi connectivity index (χ3n) is 2.89. The monoisotopic (exact) mass is 287 g/mol. The van der Waals surface area contributed by atoms with Crippen LogP contribution in [0.1, 0.15) is 11.7 Å². The van der Waals surface area contributed by atoms with E-state index in [0.717, 1.165) is 23.5 Å². The number of ether oxygens (including phenoxy) is 1. The van der Waals surface area contributed by atoms with E-state index in [1.165, 1.54) is 18.0 Å². The molecule has 1 aromatic carbocycles. The van der Waals surface area contributed by atoms with Crippen molar-refractivity contribution in [1.82, 2.24) is 5.32 Å². The highest BCUT2D eigenvalue weighted by atomic mass is 32.2. The lowest BCUT2D eigenvalue weighted by atomic mass is 10.1. The predicted octanol–water partition coefficient (Wildman–Crippen LogP) is 1.47. The molecule has 100 valence electrons. The zero-order chi connectivity index (χ0) is 13.2. The lowest BCUT2D eigenvalue weighted by molar-refractivity contribution is 0.0275. The molecule has 0 radical (unpaired) electrons. The van der Waals surface area contributed by atoms with Crippen molar-refractivity contribution in [2.24, 2.45) is 0 Å². The normalized spacial score (nSPS) is 20.9. The summed E-state index contributed by atoms with van der Waals surface area (Å²) in [5.41, 5.74) is 1.03. The molecule has 1 saturated heterocycles. The second kappa shape index (κ2) is 5.61. The fraction of sp³-hybridized carbons (Fsp3) is 0.500. The van der Waals surface area contributed by atoms with Crippen molar-refractivity contribution >= 4 is 21.6 Å². The molecule has 1 fully saturated rings. The van der Waals surface area contributed by atoms with E-state index < -0.39 is 9.84 Å². The van der Waals surface area contributed by atoms with Crippen LogP contribution in [-0.2, 0) is 14.6 Å². The summed E-state index contributed by atoms with van der Waals surface area (Å²) in [4.78, 5) is 1.17. The molecule has 2 rings (SSSR count). The molecule has 1 aliphatic heterocycles. The van der Waals surface area contributed by atoms with Crippen molar-refractivity contribution in [1.29, 1.82) is 0 Å². The SMILES string of the molecule is CSc1cc(C2CNCCO2)ccc1S(C)(=O)=O. The lowest BCUT2D eigenvalue weighted by Crippen LogP contribution is -2.33. The van der Waals surface area contributed by atoms with E-state index in [0.29, 0.717) is 11.5 Å². The van der Waals surface area contributed by atoms with Crippen LogP contribution in [0.15, 0.2) is 28.0 Å². The first kappa shape index (κ1) is 13.9. The van der Waals surface area contributed by atoms with Crippen LogP contribution in [0.25, 0.3) is 0 Å². The number of thioether (sulfide) groups is 1. The fourth-order valence-corrected chi connectivity index (χ4v) is 3.94. The van der Waals surface area contributed by atoms with Crippen LogP contribution in [0.5, 0.6) is 0 Å². The van der Waals surface area contributed by atoms with Crippen LogP contribution in [0.4, 0.5) is 0 Å². The molecule has 0 aliphatic carbocycles. The van der Waals surface area contributed by atoms with Crippen LogP contribution in [0.3, 0.4) is 0 Å². The van der Waals surface area contributed by atoms with Gasteiger partial charge in [-0.2, -0.15) is 0 Å². The Bertz CT molecular complexity index is 522. The minimum absolute atomic E-state index is 0.0123. The summed E-state index contributed by atoms with van der Waals surface area (Å²) in [6, 6.07) is 5.43. The maximum absolute atomic E-state index is 11.6. The van der Waals surface area contributed by atoms with E-state index in [2.05, 4.69) is 5.32 Å². The van der Waals surface area contributed by atoms with Gasteiger partial charge in [0.25, 0.3) is 0 Å². The highest BCUT2D eigenvalue weighted by molar-refractivity contribution is 7.99. The topological polar surface area (TPSA) is 55.4 Å². The Hall–Kier alpha value is -0.560. The van der Waals surface area contributed by atoms with Gasteiger partial charge in [-0.3, -0.25) is 0 Å². The van der Waals surface area contributed by atoms with Crippen molar-refractivity contribution in [2.75, 3.05) is 32.2 Å². The van der Waals surface area contributed by atoms with Gasteiger partial charge in [-0.15, -0.1) is 11.8 Å². The average molecular weight is 287 g/mol. The van der Waals surface area contributed by atoms with E-state index in [9.17, 15) is 8.42 Å². The summed E-state index contributed by atoms with van der Waals surface area (Å²) >= 11 is 1.45. The molecule has 1 heterocycles. The van der Waals surface area contributed by atoms with Gasteiger partial charge in [-0.05, 0) is 24.0 Å². The van der Waals surface area contributed by atoms with Crippen molar-refractivity contribution in [3.63, 3.8) is 0 Å². The molecule has 1 atom stereocenters. The van der Waals surface area contributed by atoms with Crippen molar-refractivity contribution in [3.05, 3.63) is 23.8 Å². The Morgan fingerprint density at radius 3 is 2.78 bits per heavy atom. The molecular weight excluding hydrogens is 270 g/mol. The molecule has 6 heteroatoms. The standard InChI is InChI=1S/C12H17NO3S2/c1-17-11-7-9(10-8-13-5-6-16-10)3-4-12(11)18(2,14)15/h3-4,7,10,13H,5-6,8H2,1-2H3. The van der Waals surface area contributed by atoms with Crippen LogP contribution >= 0.6 is 11.8 Å². The summed E-state index contributed by atoms with van der Waals surface area (Å²) in [5.74, 6) is 0. The maximum Gasteiger partial charge on any atom is 0.176 e. The van der Waals surface area contributed by atoms with Gasteiger partial charge in [-0.25, -0.2) is 8.42 Å². The largest absolute Gasteiger partial charge is 0.371 e. The highest BCUT2D eigenvalue weighted by Gasteiger charge is 2.19. The predicted molar refractivity (Wildman–Crippen MR) is 72.9 cm³/mol. The van der Waals surface area contributed by atoms with Gasteiger partial charge in [0.05, 0.1) is 17.6 Å². The number of hydrogen-bond donors (Lipinski definition) is 1. The first-order valence-electron chi connectivity index (χ1n) is 5.72. The van der Waals surface area contributed by atoms with Gasteiger partial charge < -0.3 is 10.1 Å². The first-order valence-corrected chi connectivity index (χ1v) is 8.84. The second-order valence-electron chi connectivity index (χ2n) is 4.25. The van der Waals surface area contributed by atoms with Gasteiger partial charge in [0.15, 0.2) is 9.84 Å². The number of morpholine rings is 1. The summed E-state index contributed by atoms with van der Waals surface area (Å²) in [6.07, 6.45) is 3.13. The highest BCUT2D eigenvalue weighted by Crippen LogP contribution is 2.29. The second-order valence-corrected chi connectivity index (χ2v) is 7.08. The third kappa shape index (κ3) is 3.06. The maximum atomic E-state index is 11.6. The van der Waals surface area contributed by atoms with Crippen LogP contribution in [0.2, 0.25) is 0 Å². The zero-order valence-corrected chi connectivity index (χ0v) is 12.1. The van der Waals surface area contributed by atoms with Crippen LogP contribution in [0, 0.1) is 0 Å². The average Bonchev–Trinajstić information content (AvgIpc) is 2.38. The summed E-state index contributed by atoms with van der Waals surface area (Å²) in [5, 5.41) is 3.27. The van der Waals surface area contributed by atoms with Crippen LogP contribution < -0.4 is 5.32 Å². The molecule has 1 N–H and O–H groups in total. The lowest BCUT2D eigenvalue weighted by Gasteiger charge is -2.24. The molecule has 1 aromatic rings. The molecule has 0 bridgehead atoms. The molecule has 0 spiro atoms. The first-order chi connectivity index (χ1) is 8.52. The molecule has 1 unspecified atom stereocenters. The number of benzene rings is 1. The number of nitrogens with one attached hydrogen (secondary N) is 1. The molecule has 0 saturated carbocycles. The summed E-state index contributed by atoms with van der Waals surface area (Å²) in [7, 11) is -3.17. The van der Waals surface area contributed by atoms with E-state index in [-0.39, 0.29) is 6.10 Å². The molecule has 0 amide bonds. The summed E-state index contributed by atoms with van der Waals surface area (Å²) in [6.45, 7) is 2.33. The third-order valence-corrected chi connectivity index (χ3v) is 4.95. The van der Waals surface area contributed by atoms with Crippen molar-refractivity contribution in [2.45, 2.75) is 15.9 Å². The summed E-state index contributed by atoms with van der Waals surface area (Å²) < 4.78 is 29.0. The van der Waals surface area contributed by atoms with Crippen molar-refractivity contribution < 1.29 is 13.2 Å². The van der Waals surface area contributed by atoms with Gasteiger partial charge in [0.2, 0.25) is 0 Å². The Morgan fingerprint density at radius 1 is 1.44 bits per heavy atom. The van der Waals surface area contributed by atoms with Gasteiger partial charge in [0.1, 0.15) is 0 Å². The minimum Gasteiger partial charge on any atom is -0.371 e. The van der Waals surface area contributed by atoms with E-state index in [1.807, 2.05) is 18.4 Å². The minimum atomic E-state index is -3.17. The molecule has 0 aromatic heterocycles. The van der Waals surface area contributed by atoms with Crippen molar-refractivity contribution in [3.8, 4) is 0 Å². The van der Waals surface area contributed by atoms with Gasteiger partial charge in [-0.1, -0.05) is 6.07 Å². The van der Waals surface area contributed by atoms with E-state index in [1.54, 1.807) is 6.07 Å². The molecular formula is C12H17NO3S2. The smallest absolute Gasteiger partial charge is 0.176 e. The Kier molecular flexibility index (Phi) is 4.32.